The molecule has 0 spiro atoms. The molecule has 0 saturated heterocycles. The highest BCUT2D eigenvalue weighted by Gasteiger charge is 2.27. The molecule has 2 aromatic rings. The second-order valence-corrected chi connectivity index (χ2v) is 8.47. The number of nitrogens with two attached hydrogens (primary N) is 1. The van der Waals surface area contributed by atoms with Crippen molar-refractivity contribution >= 4 is 17.9 Å². The van der Waals surface area contributed by atoms with E-state index >= 15 is 0 Å². The van der Waals surface area contributed by atoms with E-state index in [0.717, 1.165) is 11.1 Å². The Morgan fingerprint density at radius 3 is 2.12 bits per heavy atom. The predicted octanol–water partition coefficient (Wildman–Crippen LogP) is 1.66. The number of alkyl carbamates (subject to hydrolysis) is 1. The first-order valence-electron chi connectivity index (χ1n) is 10.5. The van der Waals surface area contributed by atoms with E-state index in [1.165, 1.54) is 0 Å². The van der Waals surface area contributed by atoms with Crippen LogP contribution in [0.1, 0.15) is 31.9 Å². The maximum atomic E-state index is 12.5. The molecule has 0 radical (unpaired) electrons. The van der Waals surface area contributed by atoms with Crippen molar-refractivity contribution in [3.05, 3.63) is 65.7 Å². The van der Waals surface area contributed by atoms with E-state index in [9.17, 15) is 19.5 Å². The zero-order valence-electron chi connectivity index (χ0n) is 19.0. The lowest BCUT2D eigenvalue weighted by molar-refractivity contribution is -0.129. The molecule has 9 nitrogen and oxygen atoms in total. The fraction of sp³-hybridized carbons (Fsp3) is 0.375. The van der Waals surface area contributed by atoms with Crippen LogP contribution in [-0.2, 0) is 27.4 Å². The van der Waals surface area contributed by atoms with Gasteiger partial charge in [0, 0.05) is 6.42 Å². The van der Waals surface area contributed by atoms with Crippen LogP contribution in [0.4, 0.5) is 4.79 Å². The van der Waals surface area contributed by atoms with Gasteiger partial charge in [0.25, 0.3) is 0 Å². The number of primary amides is 1. The van der Waals surface area contributed by atoms with E-state index in [0.29, 0.717) is 12.4 Å². The molecule has 0 aromatic heterocycles. The summed E-state index contributed by atoms with van der Waals surface area (Å²) in [6.07, 6.45) is -0.733. The Hall–Kier alpha value is -3.59. The van der Waals surface area contributed by atoms with Crippen molar-refractivity contribution in [1.29, 1.82) is 0 Å². The average molecular weight is 458 g/mol. The Labute approximate surface area is 193 Å². The van der Waals surface area contributed by atoms with Crippen LogP contribution in [0.2, 0.25) is 0 Å². The first kappa shape index (κ1) is 25.7. The highest BCUT2D eigenvalue weighted by molar-refractivity contribution is 5.91. The van der Waals surface area contributed by atoms with Crippen LogP contribution in [-0.4, -0.2) is 47.3 Å². The minimum absolute atomic E-state index is 0.130. The standard InChI is InChI=1S/C24H31N3O6/c1-24(2,3)33-23(31)27-20(14-28)22(30)26-19(21(25)29)13-16-9-11-18(12-10-16)32-15-17-7-5-4-6-8-17/h4-12,19-20,28H,13-15H2,1-3H3,(H2,25,29)(H,26,30)(H,27,31)/t19-,20-/m0/s1. The fourth-order valence-corrected chi connectivity index (χ4v) is 2.84. The normalized spacial score (nSPS) is 12.8. The third kappa shape index (κ3) is 9.20. The molecular weight excluding hydrogens is 426 g/mol. The lowest BCUT2D eigenvalue weighted by Crippen LogP contribution is -2.55. The van der Waals surface area contributed by atoms with Crippen LogP contribution in [0, 0.1) is 0 Å². The number of hydrogen-bond donors (Lipinski definition) is 4. The number of amides is 3. The van der Waals surface area contributed by atoms with E-state index in [1.54, 1.807) is 45.0 Å². The molecule has 2 rings (SSSR count). The molecule has 0 aliphatic rings. The number of aliphatic hydroxyl groups excluding tert-OH is 1. The number of carbonyl (C=O) groups excluding carboxylic acids is 3. The monoisotopic (exact) mass is 457 g/mol. The van der Waals surface area contributed by atoms with Gasteiger partial charge in [0.1, 0.15) is 30.0 Å². The molecule has 0 aliphatic carbocycles. The van der Waals surface area contributed by atoms with Gasteiger partial charge in [-0.2, -0.15) is 0 Å². The largest absolute Gasteiger partial charge is 0.489 e. The molecule has 0 saturated carbocycles. The summed E-state index contributed by atoms with van der Waals surface area (Å²) in [4.78, 5) is 36.3. The second-order valence-electron chi connectivity index (χ2n) is 8.47. The van der Waals surface area contributed by atoms with Gasteiger partial charge >= 0.3 is 6.09 Å². The number of hydrogen-bond acceptors (Lipinski definition) is 6. The minimum Gasteiger partial charge on any atom is -0.489 e. The van der Waals surface area contributed by atoms with E-state index in [-0.39, 0.29) is 6.42 Å². The molecule has 0 bridgehead atoms. The Bertz CT molecular complexity index is 925. The van der Waals surface area contributed by atoms with Crippen molar-refractivity contribution in [3.8, 4) is 5.75 Å². The van der Waals surface area contributed by atoms with Crippen molar-refractivity contribution in [3.63, 3.8) is 0 Å². The van der Waals surface area contributed by atoms with Gasteiger partial charge in [-0.1, -0.05) is 42.5 Å². The molecule has 0 aliphatic heterocycles. The van der Waals surface area contributed by atoms with Crippen molar-refractivity contribution < 1.29 is 29.0 Å². The maximum Gasteiger partial charge on any atom is 0.408 e. The first-order valence-corrected chi connectivity index (χ1v) is 10.5. The Morgan fingerprint density at radius 2 is 1.58 bits per heavy atom. The summed E-state index contributed by atoms with van der Waals surface area (Å²) in [5.41, 5.74) is 6.46. The molecule has 0 fully saturated rings. The van der Waals surface area contributed by atoms with E-state index in [1.807, 2.05) is 30.3 Å². The quantitative estimate of drug-likeness (QED) is 0.428. The van der Waals surface area contributed by atoms with Crippen molar-refractivity contribution in [2.24, 2.45) is 5.73 Å². The van der Waals surface area contributed by atoms with E-state index in [4.69, 9.17) is 15.2 Å². The summed E-state index contributed by atoms with van der Waals surface area (Å²) >= 11 is 0. The molecule has 0 unspecified atom stereocenters. The van der Waals surface area contributed by atoms with Crippen LogP contribution in [0.25, 0.3) is 0 Å². The van der Waals surface area contributed by atoms with Gasteiger partial charge in [0.05, 0.1) is 6.61 Å². The van der Waals surface area contributed by atoms with Crippen LogP contribution in [0.3, 0.4) is 0 Å². The van der Waals surface area contributed by atoms with Crippen LogP contribution in [0.5, 0.6) is 5.75 Å². The lowest BCUT2D eigenvalue weighted by Gasteiger charge is -2.23. The number of rotatable bonds is 10. The van der Waals surface area contributed by atoms with Gasteiger partial charge < -0.3 is 30.9 Å². The topological polar surface area (TPSA) is 140 Å². The zero-order valence-corrected chi connectivity index (χ0v) is 19.0. The number of ether oxygens (including phenoxy) is 2. The Balaban J connectivity index is 1.94. The van der Waals surface area contributed by atoms with Crippen LogP contribution in [0.15, 0.2) is 54.6 Å². The summed E-state index contributed by atoms with van der Waals surface area (Å²) in [7, 11) is 0. The second kappa shape index (κ2) is 11.9. The smallest absolute Gasteiger partial charge is 0.408 e. The highest BCUT2D eigenvalue weighted by atomic mass is 16.6. The fourth-order valence-electron chi connectivity index (χ4n) is 2.84. The van der Waals surface area contributed by atoms with Crippen LogP contribution < -0.4 is 21.1 Å². The first-order chi connectivity index (χ1) is 15.6. The Kier molecular flexibility index (Phi) is 9.23. The van der Waals surface area contributed by atoms with Crippen LogP contribution >= 0.6 is 0 Å². The van der Waals surface area contributed by atoms with Gasteiger partial charge in [-0.25, -0.2) is 4.79 Å². The molecule has 2 atom stereocenters. The maximum absolute atomic E-state index is 12.5. The molecule has 5 N–H and O–H groups in total. The summed E-state index contributed by atoms with van der Waals surface area (Å²) in [6.45, 7) is 4.75. The summed E-state index contributed by atoms with van der Waals surface area (Å²) in [6, 6.07) is 14.5. The van der Waals surface area contributed by atoms with Crippen molar-refractivity contribution in [2.75, 3.05) is 6.61 Å². The van der Waals surface area contributed by atoms with E-state index in [2.05, 4.69) is 10.6 Å². The van der Waals surface area contributed by atoms with Crippen molar-refractivity contribution in [2.45, 2.75) is 51.5 Å². The molecular formula is C24H31N3O6. The third-order valence-corrected chi connectivity index (χ3v) is 4.46. The van der Waals surface area contributed by atoms with Gasteiger partial charge in [-0.05, 0) is 44.0 Å². The summed E-state index contributed by atoms with van der Waals surface area (Å²) < 4.78 is 10.8. The van der Waals surface area contributed by atoms with Gasteiger partial charge in [0.2, 0.25) is 11.8 Å². The van der Waals surface area contributed by atoms with Crippen molar-refractivity contribution in [1.82, 2.24) is 10.6 Å². The van der Waals surface area contributed by atoms with Gasteiger partial charge in [-0.3, -0.25) is 9.59 Å². The van der Waals surface area contributed by atoms with E-state index < -0.39 is 42.2 Å². The SMILES string of the molecule is CC(C)(C)OC(=O)N[C@@H](CO)C(=O)N[C@@H](Cc1ccc(OCc2ccccc2)cc1)C(N)=O. The summed E-state index contributed by atoms with van der Waals surface area (Å²) in [5, 5.41) is 14.2. The predicted molar refractivity (Wildman–Crippen MR) is 122 cm³/mol. The number of carbonyl (C=O) groups is 3. The number of aliphatic hydroxyl groups is 1. The zero-order chi connectivity index (χ0) is 24.4. The minimum atomic E-state index is -1.30. The molecule has 0 heterocycles. The number of benzene rings is 2. The summed E-state index contributed by atoms with van der Waals surface area (Å²) in [5.74, 6) is -0.846. The van der Waals surface area contributed by atoms with Gasteiger partial charge in [-0.15, -0.1) is 0 Å². The average Bonchev–Trinajstić information content (AvgIpc) is 2.75. The molecule has 9 heteroatoms. The lowest BCUT2D eigenvalue weighted by atomic mass is 10.0. The molecule has 3 amide bonds. The Morgan fingerprint density at radius 1 is 0.939 bits per heavy atom. The van der Waals surface area contributed by atoms with Gasteiger partial charge in [0.15, 0.2) is 0 Å². The molecule has 33 heavy (non-hydrogen) atoms. The third-order valence-electron chi connectivity index (χ3n) is 4.46. The number of nitrogens with one attached hydrogen (secondary N) is 2. The highest BCUT2D eigenvalue weighted by Crippen LogP contribution is 2.15. The molecule has 178 valence electrons. The molecule has 2 aromatic carbocycles.